The van der Waals surface area contributed by atoms with E-state index in [-0.39, 0.29) is 46.0 Å². The zero-order valence-corrected chi connectivity index (χ0v) is 20.4. The van der Waals surface area contributed by atoms with Gasteiger partial charge in [-0.05, 0) is 38.1 Å². The fourth-order valence-corrected chi connectivity index (χ4v) is 4.74. The van der Waals surface area contributed by atoms with Gasteiger partial charge in [-0.3, -0.25) is 14.5 Å². The van der Waals surface area contributed by atoms with E-state index in [1.165, 1.54) is 25.3 Å². The van der Waals surface area contributed by atoms with Crippen molar-refractivity contribution in [2.45, 2.75) is 19.8 Å². The molecule has 10 heteroatoms. The van der Waals surface area contributed by atoms with E-state index < -0.39 is 35.5 Å². The van der Waals surface area contributed by atoms with Crippen LogP contribution in [0.25, 0.3) is 0 Å². The lowest BCUT2D eigenvalue weighted by atomic mass is 9.80. The van der Waals surface area contributed by atoms with Crippen LogP contribution in [0.4, 0.5) is 4.39 Å². The zero-order chi connectivity index (χ0) is 26.1. The van der Waals surface area contributed by atoms with Gasteiger partial charge in [0, 0.05) is 22.0 Å². The van der Waals surface area contributed by atoms with Crippen molar-refractivity contribution in [2.24, 2.45) is 0 Å². The van der Waals surface area contributed by atoms with Gasteiger partial charge < -0.3 is 14.8 Å². The van der Waals surface area contributed by atoms with E-state index in [2.05, 4.69) is 5.32 Å². The second-order valence-corrected chi connectivity index (χ2v) is 8.61. The third kappa shape index (κ3) is 4.26. The molecule has 2 amide bonds. The van der Waals surface area contributed by atoms with Crippen LogP contribution in [0.1, 0.15) is 46.0 Å². The lowest BCUT2D eigenvalue weighted by Crippen LogP contribution is -2.35. The number of carbonyl (C=O) groups is 4. The number of hydrogen-bond acceptors (Lipinski definition) is 7. The average molecular weight is 513 g/mol. The number of nitrogens with one attached hydrogen (secondary N) is 1. The molecule has 2 aliphatic heterocycles. The van der Waals surface area contributed by atoms with E-state index in [4.69, 9.17) is 21.1 Å². The number of allylic oxidation sites excluding steroid dienone is 2. The molecule has 0 aromatic heterocycles. The molecule has 0 aliphatic carbocycles. The molecule has 2 aliphatic rings. The third-order valence-corrected chi connectivity index (χ3v) is 6.43. The predicted molar refractivity (Wildman–Crippen MR) is 127 cm³/mol. The normalized spacial score (nSPS) is 17.2. The summed E-state index contributed by atoms with van der Waals surface area (Å²) in [4.78, 5) is 52.1. The standard InChI is InChI=1S/C26H22ClFN2O6/c1-13-19(25(33)35-3)22(21-17(27)9-6-10-18(21)28)20(14(2)29-13)26(34)36-12-11-30-23(31)15-7-4-5-8-16(15)24(30)32/h4-10,22,29H,11-12H2,1-3H3. The van der Waals surface area contributed by atoms with Gasteiger partial charge in [-0.25, -0.2) is 14.0 Å². The highest BCUT2D eigenvalue weighted by molar-refractivity contribution is 6.31. The van der Waals surface area contributed by atoms with E-state index >= 15 is 4.39 Å². The highest BCUT2D eigenvalue weighted by Crippen LogP contribution is 2.42. The molecule has 0 fully saturated rings. The van der Waals surface area contributed by atoms with Crippen molar-refractivity contribution in [3.63, 3.8) is 0 Å². The molecular formula is C26H22ClFN2O6. The Labute approximate surface area is 211 Å². The molecule has 186 valence electrons. The summed E-state index contributed by atoms with van der Waals surface area (Å²) in [7, 11) is 1.17. The van der Waals surface area contributed by atoms with E-state index in [1.54, 1.807) is 38.1 Å². The van der Waals surface area contributed by atoms with Crippen LogP contribution in [0.5, 0.6) is 0 Å². The molecule has 1 atom stereocenters. The number of imide groups is 1. The van der Waals surface area contributed by atoms with E-state index in [0.29, 0.717) is 11.4 Å². The molecule has 36 heavy (non-hydrogen) atoms. The van der Waals surface area contributed by atoms with Crippen LogP contribution < -0.4 is 5.32 Å². The monoisotopic (exact) mass is 512 g/mol. The zero-order valence-electron chi connectivity index (χ0n) is 19.7. The third-order valence-electron chi connectivity index (χ3n) is 6.10. The molecule has 0 radical (unpaired) electrons. The predicted octanol–water partition coefficient (Wildman–Crippen LogP) is 3.73. The summed E-state index contributed by atoms with van der Waals surface area (Å²) < 4.78 is 25.3. The Hall–Kier alpha value is -3.98. The summed E-state index contributed by atoms with van der Waals surface area (Å²) in [6.45, 7) is 2.69. The van der Waals surface area contributed by atoms with Crippen LogP contribution in [-0.4, -0.2) is 48.9 Å². The number of rotatable bonds is 6. The van der Waals surface area contributed by atoms with Gasteiger partial charge in [-0.2, -0.15) is 0 Å². The van der Waals surface area contributed by atoms with Crippen molar-refractivity contribution in [3.05, 3.63) is 92.5 Å². The van der Waals surface area contributed by atoms with Crippen molar-refractivity contribution >= 4 is 35.4 Å². The number of benzene rings is 2. The molecule has 4 rings (SSSR count). The van der Waals surface area contributed by atoms with Crippen LogP contribution in [0.3, 0.4) is 0 Å². The van der Waals surface area contributed by atoms with Crippen LogP contribution in [0.15, 0.2) is 65.0 Å². The molecule has 1 unspecified atom stereocenters. The van der Waals surface area contributed by atoms with Crippen LogP contribution >= 0.6 is 11.6 Å². The van der Waals surface area contributed by atoms with E-state index in [0.717, 1.165) is 4.90 Å². The van der Waals surface area contributed by atoms with Crippen LogP contribution in [0, 0.1) is 5.82 Å². The number of dihydropyridines is 1. The lowest BCUT2D eigenvalue weighted by Gasteiger charge is -2.31. The van der Waals surface area contributed by atoms with E-state index in [1.807, 2.05) is 0 Å². The lowest BCUT2D eigenvalue weighted by molar-refractivity contribution is -0.139. The molecule has 0 spiro atoms. The minimum absolute atomic E-state index is 0.00222. The van der Waals surface area contributed by atoms with Gasteiger partial charge in [0.25, 0.3) is 11.8 Å². The summed E-state index contributed by atoms with van der Waals surface area (Å²) >= 11 is 6.32. The highest BCUT2D eigenvalue weighted by atomic mass is 35.5. The molecule has 0 bridgehead atoms. The quantitative estimate of drug-likeness (QED) is 0.465. The second-order valence-electron chi connectivity index (χ2n) is 8.21. The minimum Gasteiger partial charge on any atom is -0.466 e. The first-order chi connectivity index (χ1) is 17.2. The molecular weight excluding hydrogens is 491 g/mol. The maximum absolute atomic E-state index is 15.0. The summed E-state index contributed by atoms with van der Waals surface area (Å²) in [6, 6.07) is 10.4. The Kier molecular flexibility index (Phi) is 6.94. The van der Waals surface area contributed by atoms with Gasteiger partial charge in [0.05, 0.1) is 41.8 Å². The first-order valence-corrected chi connectivity index (χ1v) is 11.4. The van der Waals surface area contributed by atoms with Gasteiger partial charge in [-0.1, -0.05) is 29.8 Å². The van der Waals surface area contributed by atoms with Gasteiger partial charge in [0.2, 0.25) is 0 Å². The second kappa shape index (κ2) is 9.94. The number of methoxy groups -OCH3 is 1. The van der Waals surface area contributed by atoms with E-state index in [9.17, 15) is 19.2 Å². The van der Waals surface area contributed by atoms with Crippen LogP contribution in [0.2, 0.25) is 5.02 Å². The highest BCUT2D eigenvalue weighted by Gasteiger charge is 2.40. The van der Waals surface area contributed by atoms with Gasteiger partial charge in [-0.15, -0.1) is 0 Å². The largest absolute Gasteiger partial charge is 0.466 e. The maximum Gasteiger partial charge on any atom is 0.336 e. The summed E-state index contributed by atoms with van der Waals surface area (Å²) in [6.07, 6.45) is 0. The van der Waals surface area contributed by atoms with Crippen molar-refractivity contribution in [3.8, 4) is 0 Å². The van der Waals surface area contributed by atoms with Gasteiger partial charge >= 0.3 is 11.9 Å². The first-order valence-electron chi connectivity index (χ1n) is 11.0. The smallest absolute Gasteiger partial charge is 0.336 e. The SMILES string of the molecule is COC(=O)C1=C(C)NC(C)=C(C(=O)OCCN2C(=O)c3ccccc3C2=O)C1c1c(F)cccc1Cl. The Balaban J connectivity index is 1.61. The number of amides is 2. The number of carbonyl (C=O) groups excluding carboxylic acids is 4. The summed E-state index contributed by atoms with van der Waals surface area (Å²) in [5.74, 6) is -4.53. The molecule has 2 aromatic carbocycles. The Morgan fingerprint density at radius 2 is 1.56 bits per heavy atom. The van der Waals surface area contributed by atoms with Crippen molar-refractivity contribution in [1.82, 2.24) is 10.2 Å². The Morgan fingerprint density at radius 1 is 0.972 bits per heavy atom. The van der Waals surface area contributed by atoms with Crippen molar-refractivity contribution < 1.29 is 33.0 Å². The average Bonchev–Trinajstić information content (AvgIpc) is 3.08. The molecule has 1 N–H and O–H groups in total. The molecule has 2 aromatic rings. The molecule has 2 heterocycles. The Morgan fingerprint density at radius 3 is 2.11 bits per heavy atom. The summed E-state index contributed by atoms with van der Waals surface area (Å²) in [5, 5.41) is 2.96. The number of esters is 2. The fourth-order valence-electron chi connectivity index (χ4n) is 4.47. The van der Waals surface area contributed by atoms with Crippen molar-refractivity contribution in [2.75, 3.05) is 20.3 Å². The van der Waals surface area contributed by atoms with Crippen molar-refractivity contribution in [1.29, 1.82) is 0 Å². The first kappa shape index (κ1) is 25.1. The van der Waals surface area contributed by atoms with Gasteiger partial charge in [0.15, 0.2) is 0 Å². The number of hydrogen-bond donors (Lipinski definition) is 1. The molecule has 0 saturated carbocycles. The molecule has 8 nitrogen and oxygen atoms in total. The number of ether oxygens (including phenoxy) is 2. The minimum atomic E-state index is -1.21. The topological polar surface area (TPSA) is 102 Å². The van der Waals surface area contributed by atoms with Gasteiger partial charge in [0.1, 0.15) is 12.4 Å². The number of nitrogens with zero attached hydrogens (tertiary/aromatic N) is 1. The fraction of sp³-hybridized carbons (Fsp3) is 0.231. The molecule has 0 saturated heterocycles. The summed E-state index contributed by atoms with van der Waals surface area (Å²) in [5.41, 5.74) is 1.13. The maximum atomic E-state index is 15.0. The number of fused-ring (bicyclic) bond motifs is 1. The number of halogens is 2. The van der Waals surface area contributed by atoms with Crippen LogP contribution in [-0.2, 0) is 19.1 Å². The Bertz CT molecular complexity index is 1310.